The summed E-state index contributed by atoms with van der Waals surface area (Å²) in [5, 5.41) is 13.6. The minimum atomic E-state index is -1.06. The average Bonchev–Trinajstić information content (AvgIpc) is 2.93. The number of hydrogen-bond donors (Lipinski definition) is 2. The zero-order valence-electron chi connectivity index (χ0n) is 12.3. The summed E-state index contributed by atoms with van der Waals surface area (Å²) in [7, 11) is 0. The number of nitrogens with one attached hydrogen (secondary N) is 1. The van der Waals surface area contributed by atoms with Crippen molar-refractivity contribution in [2.45, 2.75) is 25.3 Å². The van der Waals surface area contributed by atoms with E-state index in [4.69, 9.17) is 5.11 Å². The maximum atomic E-state index is 11.8. The number of thioether (sulfide) groups is 1. The van der Waals surface area contributed by atoms with Gasteiger partial charge in [-0.1, -0.05) is 17.7 Å². The van der Waals surface area contributed by atoms with E-state index >= 15 is 0 Å². The summed E-state index contributed by atoms with van der Waals surface area (Å²) in [5.41, 5.74) is 2.37. The van der Waals surface area contributed by atoms with Crippen molar-refractivity contribution in [2.75, 3.05) is 5.75 Å². The summed E-state index contributed by atoms with van der Waals surface area (Å²) in [6.07, 6.45) is 0. The van der Waals surface area contributed by atoms with Gasteiger partial charge in [0.1, 0.15) is 5.01 Å². The van der Waals surface area contributed by atoms with Gasteiger partial charge in [0.05, 0.1) is 12.3 Å². The molecular weight excluding hydrogens is 320 g/mol. The molecular formula is C15H16N2O3S2. The summed E-state index contributed by atoms with van der Waals surface area (Å²) in [5.74, 6) is -0.836. The van der Waals surface area contributed by atoms with Crippen LogP contribution in [0.3, 0.4) is 0 Å². The van der Waals surface area contributed by atoms with Gasteiger partial charge in [-0.05, 0) is 25.5 Å². The van der Waals surface area contributed by atoms with Gasteiger partial charge in [-0.2, -0.15) is 0 Å². The summed E-state index contributed by atoms with van der Waals surface area (Å²) in [6.45, 7) is 4.31. The molecule has 0 aliphatic heterocycles. The van der Waals surface area contributed by atoms with Crippen LogP contribution in [0.1, 0.15) is 26.6 Å². The molecule has 1 aromatic heterocycles. The van der Waals surface area contributed by atoms with Crippen molar-refractivity contribution in [3.63, 3.8) is 0 Å². The van der Waals surface area contributed by atoms with Crippen LogP contribution in [0, 0.1) is 13.8 Å². The number of aromatic nitrogens is 1. The van der Waals surface area contributed by atoms with E-state index in [1.54, 1.807) is 0 Å². The number of carbonyl (C=O) groups is 2. The Morgan fingerprint density at radius 3 is 2.77 bits per heavy atom. The van der Waals surface area contributed by atoms with Crippen LogP contribution >= 0.6 is 23.1 Å². The number of carboxylic acid groups (broad SMARTS) is 1. The highest BCUT2D eigenvalue weighted by atomic mass is 32.2. The highest BCUT2D eigenvalue weighted by molar-refractivity contribution is 8.00. The van der Waals surface area contributed by atoms with E-state index in [1.807, 2.05) is 26.0 Å². The molecule has 116 valence electrons. The molecule has 0 saturated carbocycles. The SMILES string of the molecule is Cc1ccc(SCC(=O)NCc2nc(C(=O)O)cs2)c(C)c1. The first-order chi connectivity index (χ1) is 10.5. The Morgan fingerprint density at radius 2 is 2.14 bits per heavy atom. The van der Waals surface area contributed by atoms with Crippen LogP contribution < -0.4 is 5.32 Å². The van der Waals surface area contributed by atoms with Crippen molar-refractivity contribution in [2.24, 2.45) is 0 Å². The first kappa shape index (κ1) is 16.5. The highest BCUT2D eigenvalue weighted by Gasteiger charge is 2.10. The molecule has 5 nitrogen and oxygen atoms in total. The molecule has 22 heavy (non-hydrogen) atoms. The Morgan fingerprint density at radius 1 is 1.36 bits per heavy atom. The summed E-state index contributed by atoms with van der Waals surface area (Å²) >= 11 is 2.71. The van der Waals surface area contributed by atoms with Crippen LogP contribution in [0.2, 0.25) is 0 Å². The molecule has 0 bridgehead atoms. The molecule has 1 amide bonds. The van der Waals surface area contributed by atoms with Crippen LogP contribution in [-0.4, -0.2) is 27.7 Å². The minimum Gasteiger partial charge on any atom is -0.476 e. The topological polar surface area (TPSA) is 79.3 Å². The normalized spacial score (nSPS) is 10.5. The second-order valence-corrected chi connectivity index (χ2v) is 6.73. The van der Waals surface area contributed by atoms with Crippen molar-refractivity contribution >= 4 is 35.0 Å². The van der Waals surface area contributed by atoms with Gasteiger partial charge in [0.2, 0.25) is 5.91 Å². The quantitative estimate of drug-likeness (QED) is 0.793. The first-order valence-corrected chi connectivity index (χ1v) is 8.46. The van der Waals surface area contributed by atoms with Crippen LogP contribution in [0.15, 0.2) is 28.5 Å². The van der Waals surface area contributed by atoms with E-state index in [-0.39, 0.29) is 18.1 Å². The number of rotatable bonds is 6. The molecule has 0 spiro atoms. The van der Waals surface area contributed by atoms with Crippen molar-refractivity contribution in [3.8, 4) is 0 Å². The van der Waals surface area contributed by atoms with Crippen LogP contribution in [0.4, 0.5) is 0 Å². The summed E-state index contributed by atoms with van der Waals surface area (Å²) in [4.78, 5) is 27.6. The minimum absolute atomic E-state index is 0.0129. The van der Waals surface area contributed by atoms with Gasteiger partial charge >= 0.3 is 5.97 Å². The average molecular weight is 336 g/mol. The van der Waals surface area contributed by atoms with Gasteiger partial charge in [0.15, 0.2) is 5.69 Å². The third-order valence-corrected chi connectivity index (χ3v) is 4.92. The first-order valence-electron chi connectivity index (χ1n) is 6.60. The summed E-state index contributed by atoms with van der Waals surface area (Å²) < 4.78 is 0. The lowest BCUT2D eigenvalue weighted by molar-refractivity contribution is -0.118. The van der Waals surface area contributed by atoms with E-state index in [2.05, 4.69) is 16.4 Å². The van der Waals surface area contributed by atoms with Crippen molar-refractivity contribution in [1.82, 2.24) is 10.3 Å². The fraction of sp³-hybridized carbons (Fsp3) is 0.267. The number of benzene rings is 1. The molecule has 1 heterocycles. The monoisotopic (exact) mass is 336 g/mol. The number of hydrogen-bond acceptors (Lipinski definition) is 5. The van der Waals surface area contributed by atoms with Gasteiger partial charge in [0, 0.05) is 10.3 Å². The van der Waals surface area contributed by atoms with Crippen molar-refractivity contribution < 1.29 is 14.7 Å². The maximum absolute atomic E-state index is 11.8. The van der Waals surface area contributed by atoms with E-state index < -0.39 is 5.97 Å². The zero-order valence-corrected chi connectivity index (χ0v) is 13.9. The molecule has 0 saturated heterocycles. The Bertz CT molecular complexity index is 698. The number of thiazole rings is 1. The summed E-state index contributed by atoms with van der Waals surface area (Å²) in [6, 6.07) is 6.13. The number of aromatic carboxylic acids is 1. The predicted molar refractivity (Wildman–Crippen MR) is 87.6 cm³/mol. The number of nitrogens with zero attached hydrogens (tertiary/aromatic N) is 1. The van der Waals surface area contributed by atoms with E-state index in [0.717, 1.165) is 10.5 Å². The van der Waals surface area contributed by atoms with E-state index in [9.17, 15) is 9.59 Å². The zero-order chi connectivity index (χ0) is 16.1. The van der Waals surface area contributed by atoms with Crippen LogP contribution in [0.5, 0.6) is 0 Å². The molecule has 2 aromatic rings. The molecule has 2 rings (SSSR count). The molecule has 1 aromatic carbocycles. The van der Waals surface area contributed by atoms with Crippen molar-refractivity contribution in [1.29, 1.82) is 0 Å². The Kier molecular flexibility index (Phi) is 5.57. The maximum Gasteiger partial charge on any atom is 0.355 e. The lowest BCUT2D eigenvalue weighted by Crippen LogP contribution is -2.24. The number of carbonyl (C=O) groups excluding carboxylic acids is 1. The Labute approximate surface area is 136 Å². The molecule has 2 N–H and O–H groups in total. The molecule has 0 radical (unpaired) electrons. The van der Waals surface area contributed by atoms with Gasteiger partial charge in [-0.25, -0.2) is 9.78 Å². The number of carboxylic acids is 1. The molecule has 0 atom stereocenters. The van der Waals surface area contributed by atoms with E-state index in [0.29, 0.717) is 10.8 Å². The third-order valence-electron chi connectivity index (χ3n) is 2.90. The van der Waals surface area contributed by atoms with E-state index in [1.165, 1.54) is 34.0 Å². The van der Waals surface area contributed by atoms with Gasteiger partial charge in [-0.15, -0.1) is 23.1 Å². The van der Waals surface area contributed by atoms with Gasteiger partial charge in [-0.3, -0.25) is 4.79 Å². The largest absolute Gasteiger partial charge is 0.476 e. The van der Waals surface area contributed by atoms with Crippen molar-refractivity contribution in [3.05, 3.63) is 45.4 Å². The molecule has 0 unspecified atom stereocenters. The molecule has 0 fully saturated rings. The van der Waals surface area contributed by atoms with Crippen LogP contribution in [0.25, 0.3) is 0 Å². The second-order valence-electron chi connectivity index (χ2n) is 4.77. The Hall–Kier alpha value is -1.86. The fourth-order valence-electron chi connectivity index (χ4n) is 1.82. The van der Waals surface area contributed by atoms with Gasteiger partial charge in [0.25, 0.3) is 0 Å². The molecule has 0 aliphatic carbocycles. The number of aryl methyl sites for hydroxylation is 2. The Balaban J connectivity index is 1.81. The fourth-order valence-corrected chi connectivity index (χ4v) is 3.37. The highest BCUT2D eigenvalue weighted by Crippen LogP contribution is 2.22. The molecule has 0 aliphatic rings. The smallest absolute Gasteiger partial charge is 0.355 e. The lowest BCUT2D eigenvalue weighted by Gasteiger charge is -2.07. The second kappa shape index (κ2) is 7.42. The molecule has 7 heteroatoms. The van der Waals surface area contributed by atoms with Crippen LogP contribution in [-0.2, 0) is 11.3 Å². The predicted octanol–water partition coefficient (Wildman–Crippen LogP) is 2.87. The lowest BCUT2D eigenvalue weighted by atomic mass is 10.2. The number of amides is 1. The third kappa shape index (κ3) is 4.57. The van der Waals surface area contributed by atoms with Gasteiger partial charge < -0.3 is 10.4 Å². The standard InChI is InChI=1S/C15H16N2O3S2/c1-9-3-4-12(10(2)5-9)21-8-13(18)16-6-14-17-11(7-22-14)15(19)20/h3-5,7H,6,8H2,1-2H3,(H,16,18)(H,19,20).